The molecule has 1 aromatic heterocycles. The molecule has 0 fully saturated rings. The van der Waals surface area contributed by atoms with Gasteiger partial charge in [-0.25, -0.2) is 13.8 Å². The third-order valence-electron chi connectivity index (χ3n) is 1.49. The van der Waals surface area contributed by atoms with Crippen LogP contribution in [0, 0.1) is 15.0 Å². The van der Waals surface area contributed by atoms with Gasteiger partial charge in [0.25, 0.3) is 6.43 Å². The fraction of sp³-hybridized carbons (Fsp3) is 0.125. The number of carbonyl (C=O) groups is 1. The van der Waals surface area contributed by atoms with Crippen LogP contribution in [0.2, 0.25) is 0 Å². The molecule has 0 spiro atoms. The Bertz CT molecular complexity index is 415. The van der Waals surface area contributed by atoms with Crippen molar-refractivity contribution in [3.8, 4) is 6.07 Å². The van der Waals surface area contributed by atoms with E-state index >= 15 is 0 Å². The van der Waals surface area contributed by atoms with E-state index in [0.29, 0.717) is 6.29 Å². The SMILES string of the molecule is N#Cc1cc(C=O)nc(I)c1C(F)F. The molecule has 0 aromatic carbocycles. The summed E-state index contributed by atoms with van der Waals surface area (Å²) < 4.78 is 24.8. The van der Waals surface area contributed by atoms with Crippen molar-refractivity contribution in [2.24, 2.45) is 0 Å². The molecule has 1 heterocycles. The normalized spacial score (nSPS) is 9.93. The molecule has 0 unspecified atom stereocenters. The highest BCUT2D eigenvalue weighted by molar-refractivity contribution is 14.1. The molecule has 3 nitrogen and oxygen atoms in total. The number of alkyl halides is 2. The van der Waals surface area contributed by atoms with E-state index in [9.17, 15) is 13.6 Å². The van der Waals surface area contributed by atoms with Gasteiger partial charge in [-0.1, -0.05) is 0 Å². The van der Waals surface area contributed by atoms with Crippen LogP contribution in [0.15, 0.2) is 6.07 Å². The summed E-state index contributed by atoms with van der Waals surface area (Å²) in [5, 5.41) is 8.58. The van der Waals surface area contributed by atoms with Crippen LogP contribution < -0.4 is 0 Å². The predicted octanol–water partition coefficient (Wildman–Crippen LogP) is 2.31. The van der Waals surface area contributed by atoms with Crippen LogP contribution in [0.3, 0.4) is 0 Å². The number of rotatable bonds is 2. The van der Waals surface area contributed by atoms with E-state index in [4.69, 9.17) is 5.26 Å². The third-order valence-corrected chi connectivity index (χ3v) is 2.31. The number of hydrogen-bond acceptors (Lipinski definition) is 3. The summed E-state index contributed by atoms with van der Waals surface area (Å²) in [4.78, 5) is 14.0. The van der Waals surface area contributed by atoms with Gasteiger partial charge in [0.05, 0.1) is 17.2 Å². The average Bonchev–Trinajstić information content (AvgIpc) is 2.15. The molecule has 1 rings (SSSR count). The topological polar surface area (TPSA) is 53.8 Å². The first kappa shape index (κ1) is 11.0. The van der Waals surface area contributed by atoms with E-state index in [1.54, 1.807) is 28.7 Å². The van der Waals surface area contributed by atoms with Gasteiger partial charge in [0, 0.05) is 0 Å². The first-order chi connectivity index (χ1) is 6.60. The van der Waals surface area contributed by atoms with Crippen LogP contribution in [0.5, 0.6) is 0 Å². The van der Waals surface area contributed by atoms with E-state index in [1.807, 2.05) is 0 Å². The zero-order valence-corrected chi connectivity index (χ0v) is 8.83. The summed E-state index contributed by atoms with van der Waals surface area (Å²) in [7, 11) is 0. The Kier molecular flexibility index (Phi) is 3.46. The number of carbonyl (C=O) groups excluding carboxylic acids is 1. The van der Waals surface area contributed by atoms with Crippen molar-refractivity contribution in [2.75, 3.05) is 0 Å². The van der Waals surface area contributed by atoms with Crippen LogP contribution in [-0.2, 0) is 0 Å². The van der Waals surface area contributed by atoms with Gasteiger partial charge in [-0.05, 0) is 28.7 Å². The van der Waals surface area contributed by atoms with Gasteiger partial charge in [-0.2, -0.15) is 5.26 Å². The lowest BCUT2D eigenvalue weighted by atomic mass is 10.1. The zero-order valence-electron chi connectivity index (χ0n) is 6.67. The van der Waals surface area contributed by atoms with Crippen LogP contribution in [-0.4, -0.2) is 11.3 Å². The molecular formula is C8H3F2IN2O. The third kappa shape index (κ3) is 2.04. The van der Waals surface area contributed by atoms with Gasteiger partial charge in [0.2, 0.25) is 0 Å². The lowest BCUT2D eigenvalue weighted by molar-refractivity contribution is 0.111. The Hall–Kier alpha value is -1.10. The van der Waals surface area contributed by atoms with Gasteiger partial charge in [0.1, 0.15) is 9.39 Å². The largest absolute Gasteiger partial charge is 0.296 e. The smallest absolute Gasteiger partial charge is 0.267 e. The molecule has 72 valence electrons. The predicted molar refractivity (Wildman–Crippen MR) is 52.0 cm³/mol. The van der Waals surface area contributed by atoms with Gasteiger partial charge in [-0.3, -0.25) is 4.79 Å². The van der Waals surface area contributed by atoms with Crippen molar-refractivity contribution in [3.05, 3.63) is 26.6 Å². The van der Waals surface area contributed by atoms with E-state index in [2.05, 4.69) is 4.98 Å². The highest BCUT2D eigenvalue weighted by atomic mass is 127. The maximum absolute atomic E-state index is 12.4. The summed E-state index contributed by atoms with van der Waals surface area (Å²) >= 11 is 1.57. The maximum Gasteiger partial charge on any atom is 0.267 e. The molecule has 0 atom stereocenters. The average molecular weight is 308 g/mol. The van der Waals surface area contributed by atoms with Crippen molar-refractivity contribution in [3.63, 3.8) is 0 Å². The number of aldehydes is 1. The molecule has 0 saturated heterocycles. The van der Waals surface area contributed by atoms with Gasteiger partial charge in [0.15, 0.2) is 6.29 Å². The molecule has 6 heteroatoms. The van der Waals surface area contributed by atoms with Crippen LogP contribution in [0.4, 0.5) is 8.78 Å². The van der Waals surface area contributed by atoms with Gasteiger partial charge >= 0.3 is 0 Å². The van der Waals surface area contributed by atoms with E-state index in [-0.39, 0.29) is 15.0 Å². The molecule has 0 saturated carbocycles. The monoisotopic (exact) mass is 308 g/mol. The molecule has 0 radical (unpaired) electrons. The minimum absolute atomic E-state index is 0.0150. The lowest BCUT2D eigenvalue weighted by Crippen LogP contribution is -2.01. The molecular weight excluding hydrogens is 305 g/mol. The van der Waals surface area contributed by atoms with Gasteiger partial charge < -0.3 is 0 Å². The number of halogens is 3. The van der Waals surface area contributed by atoms with Crippen molar-refractivity contribution in [1.82, 2.24) is 4.98 Å². The Morgan fingerprint density at radius 1 is 1.64 bits per heavy atom. The summed E-state index contributed by atoms with van der Waals surface area (Å²) in [5.41, 5.74) is -0.643. The maximum atomic E-state index is 12.4. The van der Waals surface area contributed by atoms with E-state index < -0.39 is 12.0 Å². The molecule has 0 aliphatic carbocycles. The second kappa shape index (κ2) is 4.41. The molecule has 0 N–H and O–H groups in total. The van der Waals surface area contributed by atoms with Crippen molar-refractivity contribution in [1.29, 1.82) is 5.26 Å². The Balaban J connectivity index is 3.44. The van der Waals surface area contributed by atoms with E-state index in [1.165, 1.54) is 0 Å². The number of hydrogen-bond donors (Lipinski definition) is 0. The lowest BCUT2D eigenvalue weighted by Gasteiger charge is -2.04. The summed E-state index contributed by atoms with van der Waals surface area (Å²) in [6.07, 6.45) is -2.34. The molecule has 1 aromatic rings. The van der Waals surface area contributed by atoms with Gasteiger partial charge in [-0.15, -0.1) is 0 Å². The first-order valence-corrected chi connectivity index (χ1v) is 4.52. The molecule has 0 bridgehead atoms. The first-order valence-electron chi connectivity index (χ1n) is 3.44. The second-order valence-electron chi connectivity index (χ2n) is 2.33. The minimum Gasteiger partial charge on any atom is -0.296 e. The molecule has 14 heavy (non-hydrogen) atoms. The Morgan fingerprint density at radius 3 is 2.71 bits per heavy atom. The standard InChI is InChI=1S/C8H3F2IN2O/c9-7(10)6-4(2-12)1-5(3-14)13-8(6)11/h1,3,7H. The molecule has 0 aliphatic rings. The fourth-order valence-corrected chi connectivity index (χ4v) is 1.71. The minimum atomic E-state index is -2.76. The van der Waals surface area contributed by atoms with E-state index in [0.717, 1.165) is 6.07 Å². The highest BCUT2D eigenvalue weighted by Crippen LogP contribution is 2.26. The van der Waals surface area contributed by atoms with Crippen LogP contribution in [0.1, 0.15) is 28.0 Å². The quantitative estimate of drug-likeness (QED) is 0.478. The Morgan fingerprint density at radius 2 is 2.29 bits per heavy atom. The van der Waals surface area contributed by atoms with Crippen LogP contribution in [0.25, 0.3) is 0 Å². The number of nitriles is 1. The zero-order chi connectivity index (χ0) is 10.7. The summed E-state index contributed by atoms with van der Waals surface area (Å²) in [5.74, 6) is 0. The Labute approximate surface area is 91.9 Å². The summed E-state index contributed by atoms with van der Waals surface area (Å²) in [6, 6.07) is 2.66. The second-order valence-corrected chi connectivity index (χ2v) is 3.35. The van der Waals surface area contributed by atoms with Crippen molar-refractivity contribution < 1.29 is 13.6 Å². The number of aromatic nitrogens is 1. The number of nitrogens with zero attached hydrogens (tertiary/aromatic N) is 2. The fourth-order valence-electron chi connectivity index (χ4n) is 0.903. The van der Waals surface area contributed by atoms with Crippen LogP contribution >= 0.6 is 22.6 Å². The highest BCUT2D eigenvalue weighted by Gasteiger charge is 2.18. The van der Waals surface area contributed by atoms with Crippen molar-refractivity contribution >= 4 is 28.9 Å². The summed E-state index contributed by atoms with van der Waals surface area (Å²) in [6.45, 7) is 0. The number of pyridine rings is 1. The molecule has 0 aliphatic heterocycles. The molecule has 0 amide bonds. The van der Waals surface area contributed by atoms with Crippen molar-refractivity contribution in [2.45, 2.75) is 6.43 Å².